The van der Waals surface area contributed by atoms with E-state index in [-0.39, 0.29) is 17.3 Å². The zero-order valence-corrected chi connectivity index (χ0v) is 10.8. The number of hydrogen-bond donors (Lipinski definition) is 2. The van der Waals surface area contributed by atoms with Crippen LogP contribution in [0.2, 0.25) is 0 Å². The van der Waals surface area contributed by atoms with E-state index in [0.717, 1.165) is 12.1 Å². The van der Waals surface area contributed by atoms with Crippen molar-refractivity contribution in [2.24, 2.45) is 0 Å². The molecule has 0 aliphatic heterocycles. The number of alkyl halides is 3. The van der Waals surface area contributed by atoms with Crippen LogP contribution in [0.5, 0.6) is 5.75 Å². The maximum atomic E-state index is 12.1. The molecule has 0 radical (unpaired) electrons. The third-order valence-corrected chi connectivity index (χ3v) is 2.40. The summed E-state index contributed by atoms with van der Waals surface area (Å²) >= 11 is 0. The molecular weight excluding hydrogens is 273 g/mol. The standard InChI is InChI=1S/C13H15F3N2O2/c1-3-4-8(2)18-12(19)9-5-6-11(10(17)7-9)20-13(14,15)16/h3,5-8H,1,4,17H2,2H3,(H,18,19). The second-order valence-electron chi connectivity index (χ2n) is 4.20. The van der Waals surface area contributed by atoms with Gasteiger partial charge >= 0.3 is 6.36 Å². The summed E-state index contributed by atoms with van der Waals surface area (Å²) in [6.07, 6.45) is -2.59. The van der Waals surface area contributed by atoms with Crippen LogP contribution in [-0.4, -0.2) is 18.3 Å². The van der Waals surface area contributed by atoms with Crippen LogP contribution in [0.15, 0.2) is 30.9 Å². The summed E-state index contributed by atoms with van der Waals surface area (Å²) in [6.45, 7) is 5.33. The molecule has 0 aliphatic rings. The number of rotatable bonds is 5. The SMILES string of the molecule is C=CCC(C)NC(=O)c1ccc(OC(F)(F)F)c(N)c1. The number of nitrogen functional groups attached to an aromatic ring is 1. The molecule has 20 heavy (non-hydrogen) atoms. The molecule has 0 spiro atoms. The van der Waals surface area contributed by atoms with E-state index in [2.05, 4.69) is 16.6 Å². The van der Waals surface area contributed by atoms with Gasteiger partial charge in [0, 0.05) is 11.6 Å². The number of nitrogens with one attached hydrogen (secondary N) is 1. The molecule has 3 N–H and O–H groups in total. The van der Waals surface area contributed by atoms with Crippen molar-refractivity contribution >= 4 is 11.6 Å². The van der Waals surface area contributed by atoms with Gasteiger partial charge in [0.25, 0.3) is 5.91 Å². The molecule has 0 fully saturated rings. The summed E-state index contributed by atoms with van der Waals surface area (Å²) < 4.78 is 39.9. The number of anilines is 1. The van der Waals surface area contributed by atoms with Gasteiger partial charge in [0.05, 0.1) is 5.69 Å². The van der Waals surface area contributed by atoms with Crippen molar-refractivity contribution in [1.29, 1.82) is 0 Å². The third-order valence-electron chi connectivity index (χ3n) is 2.40. The Bertz CT molecular complexity index is 501. The maximum absolute atomic E-state index is 12.1. The number of benzene rings is 1. The van der Waals surface area contributed by atoms with Gasteiger partial charge in [-0.15, -0.1) is 19.8 Å². The van der Waals surface area contributed by atoms with E-state index < -0.39 is 18.0 Å². The molecule has 7 heteroatoms. The molecule has 0 bridgehead atoms. The van der Waals surface area contributed by atoms with Crippen LogP contribution in [0, 0.1) is 0 Å². The number of nitrogens with two attached hydrogens (primary N) is 1. The highest BCUT2D eigenvalue weighted by Gasteiger charge is 2.32. The Morgan fingerprint density at radius 2 is 2.20 bits per heavy atom. The van der Waals surface area contributed by atoms with E-state index >= 15 is 0 Å². The first-order valence-corrected chi connectivity index (χ1v) is 5.80. The summed E-state index contributed by atoms with van der Waals surface area (Å²) in [5, 5.41) is 2.66. The van der Waals surface area contributed by atoms with Gasteiger partial charge in [0.2, 0.25) is 0 Å². The van der Waals surface area contributed by atoms with Crippen molar-refractivity contribution in [2.75, 3.05) is 5.73 Å². The minimum atomic E-state index is -4.82. The largest absolute Gasteiger partial charge is 0.573 e. The van der Waals surface area contributed by atoms with Gasteiger partial charge in [-0.2, -0.15) is 0 Å². The van der Waals surface area contributed by atoms with Crippen LogP contribution in [0.3, 0.4) is 0 Å². The lowest BCUT2D eigenvalue weighted by Crippen LogP contribution is -2.32. The highest BCUT2D eigenvalue weighted by atomic mass is 19.4. The summed E-state index contributed by atoms with van der Waals surface area (Å²) in [6, 6.07) is 3.23. The fourth-order valence-corrected chi connectivity index (χ4v) is 1.52. The summed E-state index contributed by atoms with van der Waals surface area (Å²) in [5.41, 5.74) is 5.34. The first-order valence-electron chi connectivity index (χ1n) is 5.80. The smallest absolute Gasteiger partial charge is 0.404 e. The summed E-state index contributed by atoms with van der Waals surface area (Å²) in [7, 11) is 0. The number of amides is 1. The van der Waals surface area contributed by atoms with Crippen LogP contribution in [-0.2, 0) is 0 Å². The highest BCUT2D eigenvalue weighted by Crippen LogP contribution is 2.28. The van der Waals surface area contributed by atoms with E-state index in [0.29, 0.717) is 6.42 Å². The van der Waals surface area contributed by atoms with Gasteiger partial charge in [0.15, 0.2) is 5.75 Å². The molecule has 1 aromatic carbocycles. The zero-order chi connectivity index (χ0) is 15.3. The number of halogens is 3. The van der Waals surface area contributed by atoms with Gasteiger partial charge in [-0.05, 0) is 31.5 Å². The van der Waals surface area contributed by atoms with Gasteiger partial charge in [0.1, 0.15) is 0 Å². The van der Waals surface area contributed by atoms with E-state index in [1.165, 1.54) is 6.07 Å². The van der Waals surface area contributed by atoms with E-state index in [9.17, 15) is 18.0 Å². The Morgan fingerprint density at radius 3 is 2.70 bits per heavy atom. The molecule has 110 valence electrons. The Balaban J connectivity index is 2.81. The van der Waals surface area contributed by atoms with Crippen molar-refractivity contribution in [3.05, 3.63) is 36.4 Å². The van der Waals surface area contributed by atoms with Gasteiger partial charge in [-0.3, -0.25) is 4.79 Å². The summed E-state index contributed by atoms with van der Waals surface area (Å²) in [5.74, 6) is -0.960. The fourth-order valence-electron chi connectivity index (χ4n) is 1.52. The molecule has 0 heterocycles. The number of ether oxygens (including phenoxy) is 1. The van der Waals surface area contributed by atoms with Crippen molar-refractivity contribution < 1.29 is 22.7 Å². The van der Waals surface area contributed by atoms with E-state index in [1.54, 1.807) is 13.0 Å². The Morgan fingerprint density at radius 1 is 1.55 bits per heavy atom. The van der Waals surface area contributed by atoms with Gasteiger partial charge in [-0.1, -0.05) is 6.08 Å². The molecule has 0 aromatic heterocycles. The molecule has 1 unspecified atom stereocenters. The minimum Gasteiger partial charge on any atom is -0.404 e. The first-order chi connectivity index (χ1) is 9.23. The average Bonchev–Trinajstić information content (AvgIpc) is 2.30. The number of hydrogen-bond acceptors (Lipinski definition) is 3. The minimum absolute atomic E-state index is 0.132. The second kappa shape index (κ2) is 6.31. The Kier molecular flexibility index (Phi) is 5.01. The molecule has 4 nitrogen and oxygen atoms in total. The number of carbonyl (C=O) groups is 1. The van der Waals surface area contributed by atoms with E-state index in [1.807, 2.05) is 0 Å². The fraction of sp³-hybridized carbons (Fsp3) is 0.308. The van der Waals surface area contributed by atoms with Crippen LogP contribution < -0.4 is 15.8 Å². The maximum Gasteiger partial charge on any atom is 0.573 e. The summed E-state index contributed by atoms with van der Waals surface area (Å²) in [4.78, 5) is 11.8. The Labute approximate surface area is 114 Å². The van der Waals surface area contributed by atoms with Crippen molar-refractivity contribution in [1.82, 2.24) is 5.32 Å². The Hall–Kier alpha value is -2.18. The van der Waals surface area contributed by atoms with Gasteiger partial charge < -0.3 is 15.8 Å². The van der Waals surface area contributed by atoms with Crippen LogP contribution in [0.25, 0.3) is 0 Å². The predicted octanol–water partition coefficient (Wildman–Crippen LogP) is 2.86. The molecule has 0 aliphatic carbocycles. The molecule has 0 saturated heterocycles. The molecular formula is C13H15F3N2O2. The molecule has 0 saturated carbocycles. The molecule has 1 rings (SSSR count). The normalized spacial score (nSPS) is 12.6. The third kappa shape index (κ3) is 4.83. The quantitative estimate of drug-likeness (QED) is 0.647. The van der Waals surface area contributed by atoms with Gasteiger partial charge in [-0.25, -0.2) is 0 Å². The zero-order valence-electron chi connectivity index (χ0n) is 10.8. The topological polar surface area (TPSA) is 64.3 Å². The monoisotopic (exact) mass is 288 g/mol. The van der Waals surface area contributed by atoms with E-state index in [4.69, 9.17) is 5.73 Å². The lowest BCUT2D eigenvalue weighted by molar-refractivity contribution is -0.274. The van der Waals surface area contributed by atoms with Crippen molar-refractivity contribution in [2.45, 2.75) is 25.7 Å². The van der Waals surface area contributed by atoms with Crippen molar-refractivity contribution in [3.8, 4) is 5.75 Å². The first kappa shape index (κ1) is 15.9. The highest BCUT2D eigenvalue weighted by molar-refractivity contribution is 5.95. The number of carbonyl (C=O) groups excluding carboxylic acids is 1. The average molecular weight is 288 g/mol. The molecule has 1 amide bonds. The second-order valence-corrected chi connectivity index (χ2v) is 4.20. The van der Waals surface area contributed by atoms with Crippen LogP contribution >= 0.6 is 0 Å². The lowest BCUT2D eigenvalue weighted by Gasteiger charge is -2.14. The van der Waals surface area contributed by atoms with Crippen molar-refractivity contribution in [3.63, 3.8) is 0 Å². The molecule has 1 aromatic rings. The lowest BCUT2D eigenvalue weighted by atomic mass is 10.1. The van der Waals surface area contributed by atoms with Crippen LogP contribution in [0.4, 0.5) is 18.9 Å². The predicted molar refractivity (Wildman–Crippen MR) is 69.3 cm³/mol. The molecule has 1 atom stereocenters. The van der Waals surface area contributed by atoms with Crippen LogP contribution in [0.1, 0.15) is 23.7 Å².